The second kappa shape index (κ2) is 7.58. The fraction of sp³-hybridized carbons (Fsp3) is 0.381. The summed E-state index contributed by atoms with van der Waals surface area (Å²) in [5, 5.41) is 2.75. The van der Waals surface area contributed by atoms with Gasteiger partial charge in [0.25, 0.3) is 5.91 Å². The van der Waals surface area contributed by atoms with Crippen molar-refractivity contribution in [3.05, 3.63) is 59.0 Å². The Morgan fingerprint density at radius 1 is 1.18 bits per heavy atom. The van der Waals surface area contributed by atoms with Crippen LogP contribution in [0.1, 0.15) is 33.8 Å². The fourth-order valence-electron chi connectivity index (χ4n) is 3.79. The summed E-state index contributed by atoms with van der Waals surface area (Å²) in [7, 11) is 0. The van der Waals surface area contributed by atoms with Gasteiger partial charge in [0.2, 0.25) is 5.91 Å². The van der Waals surface area contributed by atoms with Gasteiger partial charge in [-0.15, -0.1) is 0 Å². The maximum absolute atomic E-state index is 14.6. The molecule has 0 saturated carbocycles. The molecule has 1 N–H and O–H groups in total. The zero-order valence-corrected chi connectivity index (χ0v) is 15.8. The Balaban J connectivity index is 1.42. The monoisotopic (exact) mass is 382 g/mol. The number of aromatic nitrogens is 1. The Kier molecular flexibility index (Phi) is 4.98. The van der Waals surface area contributed by atoms with Crippen LogP contribution in [-0.2, 0) is 4.79 Å². The quantitative estimate of drug-likeness (QED) is 0.883. The summed E-state index contributed by atoms with van der Waals surface area (Å²) in [6.07, 6.45) is 2.48. The molecule has 1 aromatic carbocycles. The number of halogens is 1. The zero-order chi connectivity index (χ0) is 19.7. The van der Waals surface area contributed by atoms with Gasteiger partial charge in [0.05, 0.1) is 11.5 Å². The van der Waals surface area contributed by atoms with Gasteiger partial charge in [-0.1, -0.05) is 12.1 Å². The topological polar surface area (TPSA) is 65.5 Å². The molecule has 1 unspecified atom stereocenters. The number of hydrogen-bond acceptors (Lipinski definition) is 4. The van der Waals surface area contributed by atoms with E-state index in [0.717, 1.165) is 11.4 Å². The number of piperazine rings is 1. The average molecular weight is 382 g/mol. The van der Waals surface area contributed by atoms with E-state index in [1.165, 1.54) is 12.1 Å². The van der Waals surface area contributed by atoms with E-state index in [2.05, 4.69) is 15.2 Å². The zero-order valence-electron chi connectivity index (χ0n) is 15.8. The van der Waals surface area contributed by atoms with Gasteiger partial charge >= 0.3 is 0 Å². The molecule has 0 aliphatic carbocycles. The fourth-order valence-corrected chi connectivity index (χ4v) is 3.79. The highest BCUT2D eigenvalue weighted by molar-refractivity contribution is 5.95. The number of carbonyl (C=O) groups is 2. The molecule has 1 atom stereocenters. The number of benzene rings is 1. The maximum atomic E-state index is 14.6. The third-order valence-corrected chi connectivity index (χ3v) is 5.46. The lowest BCUT2D eigenvalue weighted by atomic mass is 9.96. The predicted octanol–water partition coefficient (Wildman–Crippen LogP) is 2.10. The van der Waals surface area contributed by atoms with Crippen LogP contribution >= 0.6 is 0 Å². The number of amides is 2. The number of carbonyl (C=O) groups excluding carboxylic acids is 2. The first-order valence-corrected chi connectivity index (χ1v) is 9.57. The van der Waals surface area contributed by atoms with Gasteiger partial charge in [0.15, 0.2) is 0 Å². The number of nitrogens with zero attached hydrogens (tertiary/aromatic N) is 3. The molecule has 4 rings (SSSR count). The number of aryl methyl sites for hydroxylation is 1. The molecule has 6 nitrogen and oxygen atoms in total. The van der Waals surface area contributed by atoms with Crippen LogP contribution in [0.3, 0.4) is 0 Å². The van der Waals surface area contributed by atoms with E-state index in [9.17, 15) is 14.0 Å². The van der Waals surface area contributed by atoms with Gasteiger partial charge in [-0.25, -0.2) is 9.37 Å². The van der Waals surface area contributed by atoms with Crippen LogP contribution in [-0.4, -0.2) is 54.4 Å². The molecular weight excluding hydrogens is 359 g/mol. The summed E-state index contributed by atoms with van der Waals surface area (Å²) in [5.74, 6) is -0.395. The van der Waals surface area contributed by atoms with Gasteiger partial charge in [-0.2, -0.15) is 0 Å². The number of rotatable bonds is 3. The number of nitrogens with one attached hydrogen (secondary N) is 1. The van der Waals surface area contributed by atoms with E-state index in [1.54, 1.807) is 11.0 Å². The summed E-state index contributed by atoms with van der Waals surface area (Å²) >= 11 is 0. The molecule has 7 heteroatoms. The molecule has 2 aromatic rings. The molecule has 0 spiro atoms. The number of pyridine rings is 1. The average Bonchev–Trinajstić information content (AvgIpc) is 3.14. The summed E-state index contributed by atoms with van der Waals surface area (Å²) < 4.78 is 14.6. The van der Waals surface area contributed by atoms with Crippen molar-refractivity contribution in [2.24, 2.45) is 0 Å². The Morgan fingerprint density at radius 3 is 2.57 bits per heavy atom. The number of anilines is 1. The van der Waals surface area contributed by atoms with Crippen LogP contribution in [0.2, 0.25) is 0 Å². The lowest BCUT2D eigenvalue weighted by Gasteiger charge is -2.35. The first-order valence-electron chi connectivity index (χ1n) is 9.57. The number of hydrogen-bond donors (Lipinski definition) is 1. The molecule has 2 aliphatic rings. The summed E-state index contributed by atoms with van der Waals surface area (Å²) in [5.41, 5.74) is 1.79. The smallest absolute Gasteiger partial charge is 0.256 e. The van der Waals surface area contributed by atoms with E-state index in [4.69, 9.17) is 0 Å². The van der Waals surface area contributed by atoms with Crippen molar-refractivity contribution in [3.8, 4) is 0 Å². The van der Waals surface area contributed by atoms with E-state index in [-0.39, 0.29) is 23.3 Å². The van der Waals surface area contributed by atoms with E-state index < -0.39 is 5.82 Å². The first-order chi connectivity index (χ1) is 13.5. The normalized spacial score (nSPS) is 19.6. The summed E-state index contributed by atoms with van der Waals surface area (Å²) in [6.45, 7) is 4.94. The van der Waals surface area contributed by atoms with Crippen LogP contribution in [0.4, 0.5) is 10.2 Å². The molecular formula is C21H23FN4O2. The molecule has 28 heavy (non-hydrogen) atoms. The third kappa shape index (κ3) is 3.56. The first kappa shape index (κ1) is 18.4. The van der Waals surface area contributed by atoms with E-state index in [1.807, 2.05) is 25.3 Å². The second-order valence-corrected chi connectivity index (χ2v) is 7.34. The van der Waals surface area contributed by atoms with Crippen LogP contribution in [0.25, 0.3) is 0 Å². The van der Waals surface area contributed by atoms with Crippen molar-refractivity contribution >= 4 is 17.6 Å². The minimum atomic E-state index is -0.565. The van der Waals surface area contributed by atoms with Crippen molar-refractivity contribution in [2.45, 2.75) is 19.3 Å². The van der Waals surface area contributed by atoms with Crippen LogP contribution in [0, 0.1) is 12.7 Å². The van der Waals surface area contributed by atoms with Gasteiger partial charge in [0.1, 0.15) is 11.6 Å². The Labute approximate surface area is 163 Å². The lowest BCUT2D eigenvalue weighted by molar-refractivity contribution is -0.120. The largest absolute Gasteiger partial charge is 0.356 e. The van der Waals surface area contributed by atoms with Crippen molar-refractivity contribution in [1.29, 1.82) is 0 Å². The molecule has 146 valence electrons. The molecule has 2 aliphatic heterocycles. The van der Waals surface area contributed by atoms with Crippen molar-refractivity contribution in [2.75, 3.05) is 37.6 Å². The highest BCUT2D eigenvalue weighted by Crippen LogP contribution is 2.26. The Hall–Kier alpha value is -2.96. The lowest BCUT2D eigenvalue weighted by Crippen LogP contribution is -2.49. The molecule has 2 fully saturated rings. The van der Waals surface area contributed by atoms with Gasteiger partial charge in [-0.05, 0) is 42.7 Å². The highest BCUT2D eigenvalue weighted by atomic mass is 19.1. The van der Waals surface area contributed by atoms with Crippen LogP contribution in [0.15, 0.2) is 36.5 Å². The second-order valence-electron chi connectivity index (χ2n) is 7.34. The third-order valence-electron chi connectivity index (χ3n) is 5.46. The standard InChI is InChI=1S/C21H23FN4O2/c1-14-2-5-19(24-13-14)25-8-10-26(11-9-25)21(28)17-4-3-15(12-18(17)22)16-6-7-23-20(16)27/h2-5,12-13,16H,6-11H2,1H3,(H,23,27). The molecule has 2 saturated heterocycles. The van der Waals surface area contributed by atoms with Crippen molar-refractivity contribution in [3.63, 3.8) is 0 Å². The SMILES string of the molecule is Cc1ccc(N2CCN(C(=O)c3ccc(C4CCNC4=O)cc3F)CC2)nc1. The van der Waals surface area contributed by atoms with Crippen LogP contribution < -0.4 is 10.2 Å². The van der Waals surface area contributed by atoms with Gasteiger partial charge < -0.3 is 15.1 Å². The maximum Gasteiger partial charge on any atom is 0.256 e. The van der Waals surface area contributed by atoms with Crippen molar-refractivity contribution < 1.29 is 14.0 Å². The van der Waals surface area contributed by atoms with E-state index >= 15 is 0 Å². The van der Waals surface area contributed by atoms with E-state index in [0.29, 0.717) is 44.7 Å². The molecule has 1 aromatic heterocycles. The van der Waals surface area contributed by atoms with Crippen LogP contribution in [0.5, 0.6) is 0 Å². The Morgan fingerprint density at radius 2 is 1.96 bits per heavy atom. The van der Waals surface area contributed by atoms with Gasteiger partial charge in [0, 0.05) is 38.9 Å². The minimum Gasteiger partial charge on any atom is -0.356 e. The van der Waals surface area contributed by atoms with Crippen molar-refractivity contribution in [1.82, 2.24) is 15.2 Å². The summed E-state index contributed by atoms with van der Waals surface area (Å²) in [4.78, 5) is 32.8. The molecule has 0 radical (unpaired) electrons. The predicted molar refractivity (Wildman–Crippen MR) is 104 cm³/mol. The summed E-state index contributed by atoms with van der Waals surface area (Å²) in [6, 6.07) is 8.52. The highest BCUT2D eigenvalue weighted by Gasteiger charge is 2.28. The minimum absolute atomic E-state index is 0.0593. The molecule has 2 amide bonds. The molecule has 0 bridgehead atoms. The molecule has 3 heterocycles. The van der Waals surface area contributed by atoms with Gasteiger partial charge in [-0.3, -0.25) is 9.59 Å². The Bertz CT molecular complexity index is 892.